The van der Waals surface area contributed by atoms with Gasteiger partial charge in [0.05, 0.1) is 5.52 Å². The van der Waals surface area contributed by atoms with Crippen molar-refractivity contribution in [2.24, 2.45) is 0 Å². The lowest BCUT2D eigenvalue weighted by atomic mass is 10.0. The Balaban J connectivity index is 1.88. The van der Waals surface area contributed by atoms with Gasteiger partial charge in [-0.05, 0) is 61.9 Å². The molecule has 0 unspecified atom stereocenters. The van der Waals surface area contributed by atoms with Crippen LogP contribution in [-0.4, -0.2) is 23.1 Å². The highest BCUT2D eigenvalue weighted by Gasteiger charge is 2.21. The smallest absolute Gasteiger partial charge is 0.123 e. The highest BCUT2D eigenvalue weighted by atomic mass is 19.1. The lowest BCUT2D eigenvalue weighted by Gasteiger charge is -2.23. The summed E-state index contributed by atoms with van der Waals surface area (Å²) in [5.74, 6) is 2.94. The van der Waals surface area contributed by atoms with Crippen LogP contribution >= 0.6 is 0 Å². The van der Waals surface area contributed by atoms with Crippen LogP contribution < -0.4 is 0 Å². The zero-order valence-electron chi connectivity index (χ0n) is 13.9. The van der Waals surface area contributed by atoms with Gasteiger partial charge in [0, 0.05) is 42.2 Å². The molecular formula is C21H19FN2. The second kappa shape index (κ2) is 5.81. The number of hydrogen-bond donors (Lipinski definition) is 0. The molecule has 0 atom stereocenters. The van der Waals surface area contributed by atoms with Crippen molar-refractivity contribution < 1.29 is 4.39 Å². The maximum Gasteiger partial charge on any atom is 0.123 e. The van der Waals surface area contributed by atoms with E-state index in [0.717, 1.165) is 30.6 Å². The van der Waals surface area contributed by atoms with E-state index < -0.39 is 0 Å². The third kappa shape index (κ3) is 2.60. The Hall–Kier alpha value is -2.57. The first-order valence-corrected chi connectivity index (χ1v) is 8.21. The van der Waals surface area contributed by atoms with Gasteiger partial charge in [-0.25, -0.2) is 4.39 Å². The summed E-state index contributed by atoms with van der Waals surface area (Å²) in [6.07, 6.45) is 0.998. The average molecular weight is 318 g/mol. The van der Waals surface area contributed by atoms with Gasteiger partial charge < -0.3 is 4.90 Å². The number of nitrogens with zero attached hydrogens (tertiary/aromatic N) is 2. The average Bonchev–Trinajstić information content (AvgIpc) is 2.87. The van der Waals surface area contributed by atoms with E-state index in [4.69, 9.17) is 0 Å². The molecule has 4 rings (SSSR count). The number of hydrogen-bond acceptors (Lipinski definition) is 1. The molecule has 24 heavy (non-hydrogen) atoms. The van der Waals surface area contributed by atoms with Crippen LogP contribution in [0.25, 0.3) is 10.9 Å². The molecular weight excluding hydrogens is 299 g/mol. The van der Waals surface area contributed by atoms with Crippen molar-refractivity contribution in [3.63, 3.8) is 0 Å². The summed E-state index contributed by atoms with van der Waals surface area (Å²) in [6.45, 7) is 4.13. The zero-order chi connectivity index (χ0) is 16.7. The summed E-state index contributed by atoms with van der Waals surface area (Å²) < 4.78 is 15.2. The van der Waals surface area contributed by atoms with Crippen LogP contribution in [0.1, 0.15) is 22.4 Å². The summed E-state index contributed by atoms with van der Waals surface area (Å²) in [5.41, 5.74) is 5.95. The molecule has 3 heteroatoms. The molecule has 0 saturated heterocycles. The van der Waals surface area contributed by atoms with Gasteiger partial charge in [-0.15, -0.1) is 0 Å². The maximum absolute atomic E-state index is 13.1. The SMILES string of the molecule is Cc1ccc2c(c1)c1c(n2C#Cc2ccc(F)cc2)CCN(C)C1. The Morgan fingerprint density at radius 3 is 2.67 bits per heavy atom. The fraction of sp³-hybridized carbons (Fsp3) is 0.238. The fourth-order valence-corrected chi connectivity index (χ4v) is 3.39. The summed E-state index contributed by atoms with van der Waals surface area (Å²) in [6, 6.07) is 16.2. The standard InChI is InChI=1S/C21H19FN2/c1-15-3-8-20-18(13-15)19-14-23(2)11-10-21(19)24(20)12-9-16-4-6-17(22)7-5-16/h3-8,13H,10-11,14H2,1-2H3. The quantitative estimate of drug-likeness (QED) is 0.570. The van der Waals surface area contributed by atoms with Gasteiger partial charge in [0.2, 0.25) is 0 Å². The first-order valence-electron chi connectivity index (χ1n) is 8.21. The summed E-state index contributed by atoms with van der Waals surface area (Å²) in [5, 5.41) is 1.30. The van der Waals surface area contributed by atoms with E-state index in [2.05, 4.69) is 53.6 Å². The molecule has 1 aromatic heterocycles. The first-order chi connectivity index (χ1) is 11.6. The van der Waals surface area contributed by atoms with Crippen molar-refractivity contribution in [2.45, 2.75) is 19.9 Å². The van der Waals surface area contributed by atoms with Gasteiger partial charge in [0.15, 0.2) is 0 Å². The zero-order valence-corrected chi connectivity index (χ0v) is 13.9. The molecule has 0 amide bonds. The van der Waals surface area contributed by atoms with Crippen LogP contribution in [0.3, 0.4) is 0 Å². The third-order valence-electron chi connectivity index (χ3n) is 4.65. The maximum atomic E-state index is 13.1. The minimum absolute atomic E-state index is 0.233. The van der Waals surface area contributed by atoms with E-state index in [9.17, 15) is 4.39 Å². The van der Waals surface area contributed by atoms with Crippen LogP contribution in [0.2, 0.25) is 0 Å². The van der Waals surface area contributed by atoms with E-state index in [-0.39, 0.29) is 5.82 Å². The second-order valence-corrected chi connectivity index (χ2v) is 6.51. The van der Waals surface area contributed by atoms with Crippen LogP contribution in [-0.2, 0) is 13.0 Å². The Morgan fingerprint density at radius 1 is 1.08 bits per heavy atom. The second-order valence-electron chi connectivity index (χ2n) is 6.51. The van der Waals surface area contributed by atoms with Crippen LogP contribution in [0.5, 0.6) is 0 Å². The molecule has 2 heterocycles. The molecule has 1 aliphatic heterocycles. The van der Waals surface area contributed by atoms with Crippen LogP contribution in [0.15, 0.2) is 42.5 Å². The number of aryl methyl sites for hydroxylation is 1. The molecule has 1 aliphatic rings. The Bertz CT molecular complexity index is 971. The summed E-state index contributed by atoms with van der Waals surface area (Å²) in [7, 11) is 2.16. The van der Waals surface area contributed by atoms with Crippen molar-refractivity contribution >= 4 is 10.9 Å². The highest BCUT2D eigenvalue weighted by molar-refractivity contribution is 5.87. The Morgan fingerprint density at radius 2 is 1.88 bits per heavy atom. The van der Waals surface area contributed by atoms with Gasteiger partial charge >= 0.3 is 0 Å². The largest absolute Gasteiger partial charge is 0.302 e. The molecule has 2 aromatic carbocycles. The number of benzene rings is 2. The molecule has 0 N–H and O–H groups in total. The first kappa shape index (κ1) is 15.0. The number of likely N-dealkylation sites (N-methyl/N-ethyl adjacent to an activating group) is 1. The summed E-state index contributed by atoms with van der Waals surface area (Å²) >= 11 is 0. The van der Waals surface area contributed by atoms with Gasteiger partial charge in [0.1, 0.15) is 5.82 Å². The fourth-order valence-electron chi connectivity index (χ4n) is 3.39. The van der Waals surface area contributed by atoms with Crippen molar-refractivity contribution in [1.29, 1.82) is 0 Å². The lowest BCUT2D eigenvalue weighted by molar-refractivity contribution is 0.311. The number of fused-ring (bicyclic) bond motifs is 3. The van der Waals surface area contributed by atoms with E-state index >= 15 is 0 Å². The number of aromatic nitrogens is 1. The molecule has 0 spiro atoms. The molecule has 0 radical (unpaired) electrons. The van der Waals surface area contributed by atoms with Crippen LogP contribution in [0, 0.1) is 24.7 Å². The van der Waals surface area contributed by atoms with Crippen molar-refractivity contribution in [1.82, 2.24) is 9.47 Å². The minimum atomic E-state index is -0.233. The molecule has 3 aromatic rings. The van der Waals surface area contributed by atoms with Gasteiger partial charge in [-0.1, -0.05) is 11.6 Å². The molecule has 120 valence electrons. The van der Waals surface area contributed by atoms with E-state index in [1.54, 1.807) is 12.1 Å². The number of rotatable bonds is 0. The van der Waals surface area contributed by atoms with Crippen molar-refractivity contribution in [2.75, 3.05) is 13.6 Å². The minimum Gasteiger partial charge on any atom is -0.302 e. The predicted octanol–water partition coefficient (Wildman–Crippen LogP) is 3.93. The third-order valence-corrected chi connectivity index (χ3v) is 4.65. The van der Waals surface area contributed by atoms with Gasteiger partial charge in [-0.2, -0.15) is 0 Å². The Labute approximate surface area is 141 Å². The van der Waals surface area contributed by atoms with Gasteiger partial charge in [-0.3, -0.25) is 4.57 Å². The molecule has 0 aliphatic carbocycles. The van der Waals surface area contributed by atoms with Crippen molar-refractivity contribution in [3.05, 3.63) is 70.7 Å². The molecule has 2 nitrogen and oxygen atoms in total. The topological polar surface area (TPSA) is 8.17 Å². The van der Waals surface area contributed by atoms with Crippen LogP contribution in [0.4, 0.5) is 4.39 Å². The van der Waals surface area contributed by atoms with E-state index in [1.807, 2.05) is 0 Å². The molecule has 0 fully saturated rings. The van der Waals surface area contributed by atoms with Gasteiger partial charge in [0.25, 0.3) is 0 Å². The summed E-state index contributed by atoms with van der Waals surface area (Å²) in [4.78, 5) is 2.35. The lowest BCUT2D eigenvalue weighted by Crippen LogP contribution is -2.27. The highest BCUT2D eigenvalue weighted by Crippen LogP contribution is 2.30. The molecule has 0 saturated carbocycles. The Kier molecular flexibility index (Phi) is 3.63. The normalized spacial score (nSPS) is 14.3. The van der Waals surface area contributed by atoms with E-state index in [1.165, 1.54) is 34.3 Å². The molecule has 0 bridgehead atoms. The van der Waals surface area contributed by atoms with Crippen molar-refractivity contribution in [3.8, 4) is 12.0 Å². The number of halogens is 1. The predicted molar refractivity (Wildman–Crippen MR) is 95.4 cm³/mol. The monoisotopic (exact) mass is 318 g/mol. The van der Waals surface area contributed by atoms with E-state index in [0.29, 0.717) is 0 Å².